The second-order valence-electron chi connectivity index (χ2n) is 8.51. The second kappa shape index (κ2) is 10.5. The number of aromatic nitrogens is 2. The fourth-order valence-electron chi connectivity index (χ4n) is 2.81. The molecule has 0 fully saturated rings. The molecule has 0 bridgehead atoms. The van der Waals surface area contributed by atoms with Crippen molar-refractivity contribution in [2.45, 2.75) is 52.6 Å². The summed E-state index contributed by atoms with van der Waals surface area (Å²) in [6.45, 7) is 13.8. The Balaban J connectivity index is 2.27. The lowest BCUT2D eigenvalue weighted by atomic mass is 10.1. The summed E-state index contributed by atoms with van der Waals surface area (Å²) in [5.74, 6) is 0.420. The van der Waals surface area contributed by atoms with Crippen molar-refractivity contribution in [3.05, 3.63) is 59.9 Å². The molecule has 0 aliphatic rings. The number of rotatable bonds is 10. The molecule has 1 heterocycles. The van der Waals surface area contributed by atoms with E-state index in [1.165, 1.54) is 12.1 Å². The van der Waals surface area contributed by atoms with E-state index in [-0.39, 0.29) is 12.0 Å². The van der Waals surface area contributed by atoms with Crippen LogP contribution in [0.1, 0.15) is 38.3 Å². The van der Waals surface area contributed by atoms with Gasteiger partial charge in [0.1, 0.15) is 18.7 Å². The van der Waals surface area contributed by atoms with Crippen molar-refractivity contribution in [2.75, 3.05) is 13.3 Å². The Morgan fingerprint density at radius 3 is 2.60 bits per heavy atom. The highest BCUT2D eigenvalue weighted by atomic mass is 28.3. The van der Waals surface area contributed by atoms with Crippen LogP contribution in [0.2, 0.25) is 25.7 Å². The Morgan fingerprint density at radius 2 is 2.00 bits per heavy atom. The molecule has 0 aliphatic heterocycles. The van der Waals surface area contributed by atoms with Gasteiger partial charge in [0.05, 0.1) is 11.4 Å². The number of nitrogens with zero attached hydrogens (tertiary/aromatic N) is 4. The molecule has 6 nitrogen and oxygen atoms in total. The van der Waals surface area contributed by atoms with Crippen LogP contribution in [0.5, 0.6) is 0 Å². The average Bonchev–Trinajstić information content (AvgIpc) is 3.18. The molecule has 30 heavy (non-hydrogen) atoms. The lowest BCUT2D eigenvalue weighted by molar-refractivity contribution is -0.00390. The summed E-state index contributed by atoms with van der Waals surface area (Å²) in [6.07, 6.45) is 5.26. The molecule has 164 valence electrons. The molecule has 0 saturated carbocycles. The van der Waals surface area contributed by atoms with Gasteiger partial charge in [-0.2, -0.15) is 5.10 Å². The van der Waals surface area contributed by atoms with E-state index in [9.17, 15) is 4.39 Å². The maximum Gasteiger partial charge on any atom is 0.157 e. The first-order chi connectivity index (χ1) is 14.1. The monoisotopic (exact) mass is 431 g/mol. The maximum atomic E-state index is 13.3. The number of hydrogen-bond acceptors (Lipinski definition) is 5. The van der Waals surface area contributed by atoms with E-state index in [1.807, 2.05) is 42.6 Å². The van der Waals surface area contributed by atoms with Gasteiger partial charge in [0.15, 0.2) is 5.82 Å². The number of hydrazone groups is 1. The minimum Gasteiger partial charge on any atom is -0.396 e. The Kier molecular flexibility index (Phi) is 8.37. The van der Waals surface area contributed by atoms with E-state index >= 15 is 0 Å². The SMILES string of the molecule is C/C=C(/N)c1nccn1C(C)N(COCC[Si](C)(C)C)/N=C(\C)c1ccc(F)cc1. The number of halogens is 1. The van der Waals surface area contributed by atoms with Gasteiger partial charge in [0.2, 0.25) is 0 Å². The largest absolute Gasteiger partial charge is 0.396 e. The molecule has 2 rings (SSSR count). The summed E-state index contributed by atoms with van der Waals surface area (Å²) in [6, 6.07) is 7.41. The van der Waals surface area contributed by atoms with Crippen LogP contribution in [0.15, 0.2) is 47.8 Å². The predicted octanol–water partition coefficient (Wildman–Crippen LogP) is 4.90. The Morgan fingerprint density at radius 1 is 1.33 bits per heavy atom. The molecule has 0 radical (unpaired) electrons. The first kappa shape index (κ1) is 23.8. The van der Waals surface area contributed by atoms with E-state index in [0.29, 0.717) is 24.9 Å². The third-order valence-electron chi connectivity index (χ3n) is 4.83. The molecule has 0 amide bonds. The van der Waals surface area contributed by atoms with Gasteiger partial charge in [-0.15, -0.1) is 0 Å². The molecule has 1 aromatic carbocycles. The maximum absolute atomic E-state index is 13.3. The van der Waals surface area contributed by atoms with E-state index in [4.69, 9.17) is 15.6 Å². The number of nitrogens with two attached hydrogens (primary N) is 1. The molecule has 2 N–H and O–H groups in total. The van der Waals surface area contributed by atoms with Crippen LogP contribution < -0.4 is 5.73 Å². The Labute approximate surface area is 180 Å². The zero-order valence-corrected chi connectivity index (χ0v) is 19.9. The van der Waals surface area contributed by atoms with Gasteiger partial charge in [0, 0.05) is 27.1 Å². The topological polar surface area (TPSA) is 68.7 Å². The predicted molar refractivity (Wildman–Crippen MR) is 124 cm³/mol. The number of allylic oxidation sites excluding steroid dienone is 1. The van der Waals surface area contributed by atoms with E-state index in [0.717, 1.165) is 17.3 Å². The average molecular weight is 432 g/mol. The highest BCUT2D eigenvalue weighted by Crippen LogP contribution is 2.20. The number of imidazole rings is 1. The van der Waals surface area contributed by atoms with Crippen molar-refractivity contribution in [1.29, 1.82) is 0 Å². The zero-order chi connectivity index (χ0) is 22.3. The minimum absolute atomic E-state index is 0.178. The molecule has 0 saturated heterocycles. The highest BCUT2D eigenvalue weighted by molar-refractivity contribution is 6.76. The van der Waals surface area contributed by atoms with E-state index in [1.54, 1.807) is 18.3 Å². The molecule has 1 aromatic heterocycles. The van der Waals surface area contributed by atoms with Gasteiger partial charge >= 0.3 is 0 Å². The smallest absolute Gasteiger partial charge is 0.157 e. The van der Waals surface area contributed by atoms with Gasteiger partial charge in [-0.05, 0) is 44.5 Å². The third kappa shape index (κ3) is 6.81. The van der Waals surface area contributed by atoms with Crippen molar-refractivity contribution in [3.63, 3.8) is 0 Å². The minimum atomic E-state index is -1.18. The van der Waals surface area contributed by atoms with Crippen LogP contribution in [-0.2, 0) is 4.74 Å². The van der Waals surface area contributed by atoms with Gasteiger partial charge in [-0.3, -0.25) is 0 Å². The lowest BCUT2D eigenvalue weighted by Crippen LogP contribution is -2.31. The van der Waals surface area contributed by atoms with Crippen molar-refractivity contribution in [1.82, 2.24) is 14.6 Å². The zero-order valence-electron chi connectivity index (χ0n) is 18.9. The van der Waals surface area contributed by atoms with Crippen LogP contribution in [0.4, 0.5) is 4.39 Å². The summed E-state index contributed by atoms with van der Waals surface area (Å²) in [5.41, 5.74) is 8.35. The van der Waals surface area contributed by atoms with Gasteiger partial charge in [-0.25, -0.2) is 14.4 Å². The summed E-state index contributed by atoms with van der Waals surface area (Å²) in [4.78, 5) is 4.38. The van der Waals surface area contributed by atoms with Crippen molar-refractivity contribution in [2.24, 2.45) is 10.8 Å². The van der Waals surface area contributed by atoms with Crippen LogP contribution >= 0.6 is 0 Å². The van der Waals surface area contributed by atoms with Crippen molar-refractivity contribution in [3.8, 4) is 0 Å². The van der Waals surface area contributed by atoms with Crippen molar-refractivity contribution >= 4 is 19.5 Å². The molecule has 2 aromatic rings. The number of hydrogen-bond donors (Lipinski definition) is 1. The van der Waals surface area contributed by atoms with Gasteiger partial charge < -0.3 is 15.0 Å². The van der Waals surface area contributed by atoms with Gasteiger partial charge in [0.25, 0.3) is 0 Å². The third-order valence-corrected chi connectivity index (χ3v) is 6.54. The fourth-order valence-corrected chi connectivity index (χ4v) is 3.57. The molecular weight excluding hydrogens is 397 g/mol. The van der Waals surface area contributed by atoms with Crippen LogP contribution in [-0.4, -0.2) is 41.7 Å². The Bertz CT molecular complexity index is 870. The van der Waals surface area contributed by atoms with Crippen LogP contribution in [0, 0.1) is 5.82 Å². The molecular formula is C22H34FN5OSi. The molecule has 8 heteroatoms. The van der Waals surface area contributed by atoms with Crippen LogP contribution in [0.25, 0.3) is 5.70 Å². The fraction of sp³-hybridized carbons (Fsp3) is 0.455. The number of benzene rings is 1. The first-order valence-electron chi connectivity index (χ1n) is 10.2. The van der Waals surface area contributed by atoms with E-state index in [2.05, 4.69) is 24.6 Å². The van der Waals surface area contributed by atoms with Gasteiger partial charge in [-0.1, -0.05) is 37.8 Å². The molecule has 0 aliphatic carbocycles. The summed E-state index contributed by atoms with van der Waals surface area (Å²) < 4.78 is 21.2. The van der Waals surface area contributed by atoms with Crippen LogP contribution in [0.3, 0.4) is 0 Å². The standard InChI is InChI=1S/C22H34FN5OSi/c1-7-21(24)22-25-12-13-27(22)18(3)28(16-29-14-15-30(4,5)6)26-17(2)19-8-10-20(23)11-9-19/h7-13,18H,14-16,24H2,1-6H3/b21-7+,26-17+. The molecule has 1 atom stereocenters. The summed E-state index contributed by atoms with van der Waals surface area (Å²) >= 11 is 0. The highest BCUT2D eigenvalue weighted by Gasteiger charge is 2.19. The molecule has 0 spiro atoms. The summed E-state index contributed by atoms with van der Waals surface area (Å²) in [7, 11) is -1.18. The quantitative estimate of drug-likeness (QED) is 0.191. The summed E-state index contributed by atoms with van der Waals surface area (Å²) in [5, 5.41) is 6.67. The number of ether oxygens (including phenoxy) is 1. The normalized spacial score (nSPS) is 14.1. The van der Waals surface area contributed by atoms with E-state index < -0.39 is 8.07 Å². The Hall–Kier alpha value is -2.45. The molecule has 1 unspecified atom stereocenters. The first-order valence-corrected chi connectivity index (χ1v) is 13.9. The lowest BCUT2D eigenvalue weighted by Gasteiger charge is -2.29. The van der Waals surface area contributed by atoms with Crippen molar-refractivity contribution < 1.29 is 9.13 Å². The second-order valence-corrected chi connectivity index (χ2v) is 14.1.